The Morgan fingerprint density at radius 1 is 1.19 bits per heavy atom. The molecule has 0 unspecified atom stereocenters. The molecular formula is C19H19N3O3S. The van der Waals surface area contributed by atoms with Crippen LogP contribution in [0.2, 0.25) is 0 Å². The van der Waals surface area contributed by atoms with E-state index in [4.69, 9.17) is 9.47 Å². The number of hydrogen-bond acceptors (Lipinski definition) is 6. The van der Waals surface area contributed by atoms with Crippen molar-refractivity contribution < 1.29 is 14.3 Å². The first kappa shape index (κ1) is 17.9. The summed E-state index contributed by atoms with van der Waals surface area (Å²) in [5.41, 5.74) is 2.52. The van der Waals surface area contributed by atoms with Gasteiger partial charge in [-0.15, -0.1) is 11.3 Å². The van der Waals surface area contributed by atoms with Crippen LogP contribution >= 0.6 is 11.3 Å². The number of pyridine rings is 1. The maximum Gasteiger partial charge on any atom is 0.263 e. The van der Waals surface area contributed by atoms with E-state index in [-0.39, 0.29) is 5.91 Å². The zero-order valence-electron chi connectivity index (χ0n) is 14.8. The molecular weight excluding hydrogens is 350 g/mol. The fourth-order valence-corrected chi connectivity index (χ4v) is 3.44. The molecule has 1 amide bonds. The molecule has 26 heavy (non-hydrogen) atoms. The normalized spacial score (nSPS) is 10.4. The Labute approximate surface area is 155 Å². The van der Waals surface area contributed by atoms with Gasteiger partial charge in [-0.25, -0.2) is 4.98 Å². The number of benzene rings is 1. The number of carbonyl (C=O) groups excluding carboxylic acids is 1. The summed E-state index contributed by atoms with van der Waals surface area (Å²) in [5, 5.41) is 3.67. The summed E-state index contributed by atoms with van der Waals surface area (Å²) in [6, 6.07) is 9.34. The molecule has 3 rings (SSSR count). The average Bonchev–Trinajstić information content (AvgIpc) is 3.08. The highest BCUT2D eigenvalue weighted by atomic mass is 32.1. The van der Waals surface area contributed by atoms with Crippen molar-refractivity contribution in [2.24, 2.45) is 0 Å². The number of ether oxygens (including phenoxy) is 2. The molecule has 0 aliphatic heterocycles. The summed E-state index contributed by atoms with van der Waals surface area (Å²) in [5.74, 6) is 1.13. The monoisotopic (exact) mass is 369 g/mol. The van der Waals surface area contributed by atoms with Crippen molar-refractivity contribution in [1.29, 1.82) is 0 Å². The van der Waals surface area contributed by atoms with Crippen LogP contribution in [0.25, 0.3) is 10.6 Å². The van der Waals surface area contributed by atoms with Crippen molar-refractivity contribution in [1.82, 2.24) is 15.3 Å². The third-order valence-electron chi connectivity index (χ3n) is 3.81. The van der Waals surface area contributed by atoms with E-state index in [9.17, 15) is 4.79 Å². The fraction of sp³-hybridized carbons (Fsp3) is 0.211. The number of aryl methyl sites for hydroxylation is 1. The van der Waals surface area contributed by atoms with Gasteiger partial charge in [0.05, 0.1) is 19.9 Å². The molecule has 0 fully saturated rings. The highest BCUT2D eigenvalue weighted by Crippen LogP contribution is 2.34. The van der Waals surface area contributed by atoms with Gasteiger partial charge in [-0.05, 0) is 36.8 Å². The lowest BCUT2D eigenvalue weighted by Gasteiger charge is -2.08. The van der Waals surface area contributed by atoms with E-state index in [2.05, 4.69) is 15.3 Å². The van der Waals surface area contributed by atoms with E-state index in [0.717, 1.165) is 16.1 Å². The Bertz CT molecular complexity index is 910. The Hall–Kier alpha value is -2.93. The molecule has 134 valence electrons. The predicted octanol–water partition coefficient (Wildman–Crippen LogP) is 3.46. The fourth-order valence-electron chi connectivity index (χ4n) is 2.47. The predicted molar refractivity (Wildman–Crippen MR) is 101 cm³/mol. The first-order valence-corrected chi connectivity index (χ1v) is 8.81. The van der Waals surface area contributed by atoms with E-state index >= 15 is 0 Å². The van der Waals surface area contributed by atoms with E-state index < -0.39 is 0 Å². The van der Waals surface area contributed by atoms with E-state index in [1.807, 2.05) is 37.3 Å². The van der Waals surface area contributed by atoms with E-state index in [0.29, 0.717) is 28.6 Å². The van der Waals surface area contributed by atoms with Crippen molar-refractivity contribution in [3.8, 4) is 22.1 Å². The van der Waals surface area contributed by atoms with Crippen LogP contribution in [0, 0.1) is 6.92 Å². The van der Waals surface area contributed by atoms with Crippen molar-refractivity contribution in [2.75, 3.05) is 14.2 Å². The summed E-state index contributed by atoms with van der Waals surface area (Å²) in [7, 11) is 3.18. The maximum absolute atomic E-state index is 12.5. The molecule has 0 saturated carbocycles. The number of aromatic nitrogens is 2. The lowest BCUT2D eigenvalue weighted by atomic mass is 10.2. The minimum absolute atomic E-state index is 0.143. The molecule has 0 bridgehead atoms. The molecule has 1 aromatic carbocycles. The molecule has 0 aliphatic rings. The van der Waals surface area contributed by atoms with Crippen molar-refractivity contribution in [3.63, 3.8) is 0 Å². The van der Waals surface area contributed by atoms with Gasteiger partial charge in [0.2, 0.25) is 0 Å². The quantitative estimate of drug-likeness (QED) is 0.720. The van der Waals surface area contributed by atoms with Crippen LogP contribution in [0.3, 0.4) is 0 Å². The molecule has 3 aromatic rings. The van der Waals surface area contributed by atoms with E-state index in [1.165, 1.54) is 11.3 Å². The topological polar surface area (TPSA) is 73.3 Å². The Morgan fingerprint density at radius 2 is 2.00 bits per heavy atom. The number of rotatable bonds is 6. The highest BCUT2D eigenvalue weighted by molar-refractivity contribution is 7.17. The molecule has 0 atom stereocenters. The van der Waals surface area contributed by atoms with Crippen LogP contribution in [0.4, 0.5) is 0 Å². The Morgan fingerprint density at radius 3 is 2.69 bits per heavy atom. The lowest BCUT2D eigenvalue weighted by molar-refractivity contribution is 0.0954. The number of nitrogens with zero attached hydrogens (tertiary/aromatic N) is 2. The van der Waals surface area contributed by atoms with E-state index in [1.54, 1.807) is 26.6 Å². The second kappa shape index (κ2) is 7.97. The maximum atomic E-state index is 12.5. The number of carbonyl (C=O) groups is 1. The third kappa shape index (κ3) is 3.83. The van der Waals surface area contributed by atoms with Gasteiger partial charge in [-0.2, -0.15) is 0 Å². The zero-order valence-corrected chi connectivity index (χ0v) is 15.6. The van der Waals surface area contributed by atoms with Crippen LogP contribution in [-0.4, -0.2) is 30.1 Å². The Kier molecular flexibility index (Phi) is 5.48. The van der Waals surface area contributed by atoms with Crippen LogP contribution in [0.15, 0.2) is 42.7 Å². The molecule has 1 N–H and O–H groups in total. The average molecular weight is 369 g/mol. The zero-order chi connectivity index (χ0) is 18.5. The first-order valence-electron chi connectivity index (χ1n) is 7.99. The molecule has 0 radical (unpaired) electrons. The number of hydrogen-bond donors (Lipinski definition) is 1. The molecule has 2 heterocycles. The van der Waals surface area contributed by atoms with Gasteiger partial charge in [0.1, 0.15) is 9.88 Å². The number of amides is 1. The SMILES string of the molecule is COc1ccc(-c2nc(C)c(C(=O)NCc3cccnc3)s2)cc1OC. The van der Waals surface area contributed by atoms with Gasteiger partial charge in [-0.1, -0.05) is 6.07 Å². The largest absolute Gasteiger partial charge is 0.493 e. The second-order valence-corrected chi connectivity index (χ2v) is 6.55. The standard InChI is InChI=1S/C19H19N3O3S/c1-12-17(18(23)21-11-13-5-4-8-20-10-13)26-19(22-12)14-6-7-15(24-2)16(9-14)25-3/h4-10H,11H2,1-3H3,(H,21,23). The number of methoxy groups -OCH3 is 2. The summed E-state index contributed by atoms with van der Waals surface area (Å²) < 4.78 is 10.6. The van der Waals surface area contributed by atoms with Gasteiger partial charge in [0, 0.05) is 24.5 Å². The number of nitrogens with one attached hydrogen (secondary N) is 1. The summed E-state index contributed by atoms with van der Waals surface area (Å²) in [6.45, 7) is 2.26. The lowest BCUT2D eigenvalue weighted by Crippen LogP contribution is -2.22. The molecule has 7 heteroatoms. The van der Waals surface area contributed by atoms with Gasteiger partial charge in [-0.3, -0.25) is 9.78 Å². The summed E-state index contributed by atoms with van der Waals surface area (Å²) in [4.78, 5) is 21.7. The first-order chi connectivity index (χ1) is 12.6. The van der Waals surface area contributed by atoms with Crippen molar-refractivity contribution in [2.45, 2.75) is 13.5 Å². The molecule has 0 spiro atoms. The minimum Gasteiger partial charge on any atom is -0.493 e. The second-order valence-electron chi connectivity index (χ2n) is 5.55. The number of thiazole rings is 1. The van der Waals surface area contributed by atoms with Gasteiger partial charge >= 0.3 is 0 Å². The van der Waals surface area contributed by atoms with Gasteiger partial charge < -0.3 is 14.8 Å². The molecule has 0 aliphatic carbocycles. The van der Waals surface area contributed by atoms with Gasteiger partial charge in [0.25, 0.3) is 5.91 Å². The van der Waals surface area contributed by atoms with Gasteiger partial charge in [0.15, 0.2) is 11.5 Å². The molecule has 2 aromatic heterocycles. The molecule has 0 saturated heterocycles. The smallest absolute Gasteiger partial charge is 0.263 e. The van der Waals surface area contributed by atoms with Crippen LogP contribution < -0.4 is 14.8 Å². The van der Waals surface area contributed by atoms with Crippen LogP contribution in [-0.2, 0) is 6.54 Å². The van der Waals surface area contributed by atoms with Crippen LogP contribution in [0.5, 0.6) is 11.5 Å². The summed E-state index contributed by atoms with van der Waals surface area (Å²) >= 11 is 1.35. The highest BCUT2D eigenvalue weighted by Gasteiger charge is 2.17. The van der Waals surface area contributed by atoms with Crippen molar-refractivity contribution in [3.05, 3.63) is 58.9 Å². The van der Waals surface area contributed by atoms with Crippen molar-refractivity contribution >= 4 is 17.2 Å². The summed E-state index contributed by atoms with van der Waals surface area (Å²) in [6.07, 6.45) is 3.43. The Balaban J connectivity index is 1.79. The third-order valence-corrected chi connectivity index (χ3v) is 5.01. The molecule has 6 nitrogen and oxygen atoms in total. The van der Waals surface area contributed by atoms with Crippen LogP contribution in [0.1, 0.15) is 20.9 Å². The minimum atomic E-state index is -0.143.